The standard InChI is InChI=1S/C29H23F2N5O/c1-19-25-18-35(29(37)32-23-14-12-21(30)13-15-23)27(20-7-5-8-22(31)17-20)26-11-6-16-34(26)28(25)36(33-19)24-9-3-2-4-10-24/h2-17,27H,18H2,1H3,(H,32,37). The molecule has 0 saturated heterocycles. The van der Waals surface area contributed by atoms with Gasteiger partial charge < -0.3 is 14.8 Å². The number of carbonyl (C=O) groups excluding carboxylic acids is 1. The highest BCUT2D eigenvalue weighted by molar-refractivity contribution is 5.90. The zero-order chi connectivity index (χ0) is 25.5. The van der Waals surface area contributed by atoms with Gasteiger partial charge >= 0.3 is 6.03 Å². The molecule has 5 aromatic rings. The molecule has 3 heterocycles. The summed E-state index contributed by atoms with van der Waals surface area (Å²) in [7, 11) is 0. The Morgan fingerprint density at radius 2 is 1.70 bits per heavy atom. The second-order valence-electron chi connectivity index (χ2n) is 8.96. The maximum Gasteiger partial charge on any atom is 0.322 e. The van der Waals surface area contributed by atoms with Gasteiger partial charge in [-0.25, -0.2) is 18.3 Å². The molecule has 2 aromatic heterocycles. The van der Waals surface area contributed by atoms with E-state index in [1.165, 1.54) is 36.4 Å². The lowest BCUT2D eigenvalue weighted by atomic mass is 10.0. The molecule has 1 aliphatic heterocycles. The number of carbonyl (C=O) groups is 1. The van der Waals surface area contributed by atoms with Crippen LogP contribution in [0.5, 0.6) is 0 Å². The number of anilines is 1. The number of para-hydroxylation sites is 1. The summed E-state index contributed by atoms with van der Waals surface area (Å²) >= 11 is 0. The fraction of sp³-hybridized carbons (Fsp3) is 0.103. The Morgan fingerprint density at radius 3 is 2.46 bits per heavy atom. The lowest BCUT2D eigenvalue weighted by Crippen LogP contribution is -2.38. The number of aromatic nitrogens is 3. The van der Waals surface area contributed by atoms with E-state index in [0.717, 1.165) is 28.5 Å². The number of halogens is 2. The van der Waals surface area contributed by atoms with E-state index in [1.807, 2.05) is 70.9 Å². The Hall–Kier alpha value is -4.72. The van der Waals surface area contributed by atoms with E-state index in [0.29, 0.717) is 11.3 Å². The summed E-state index contributed by atoms with van der Waals surface area (Å²) in [6.07, 6.45) is 1.93. The topological polar surface area (TPSA) is 55.1 Å². The summed E-state index contributed by atoms with van der Waals surface area (Å²) < 4.78 is 31.8. The van der Waals surface area contributed by atoms with Gasteiger partial charge in [-0.15, -0.1) is 0 Å². The summed E-state index contributed by atoms with van der Waals surface area (Å²) in [6.45, 7) is 2.14. The van der Waals surface area contributed by atoms with Crippen molar-refractivity contribution < 1.29 is 13.6 Å². The maximum absolute atomic E-state index is 14.4. The highest BCUT2D eigenvalue weighted by atomic mass is 19.1. The average molecular weight is 496 g/mol. The molecule has 37 heavy (non-hydrogen) atoms. The fourth-order valence-corrected chi connectivity index (χ4v) is 4.91. The molecule has 0 spiro atoms. The molecule has 0 saturated carbocycles. The molecule has 0 radical (unpaired) electrons. The highest BCUT2D eigenvalue weighted by Gasteiger charge is 2.36. The van der Waals surface area contributed by atoms with Gasteiger partial charge in [-0.2, -0.15) is 5.10 Å². The van der Waals surface area contributed by atoms with E-state index in [-0.39, 0.29) is 12.4 Å². The summed E-state index contributed by atoms with van der Waals surface area (Å²) in [5, 5.41) is 7.70. The summed E-state index contributed by atoms with van der Waals surface area (Å²) in [4.78, 5) is 15.5. The predicted octanol–water partition coefficient (Wildman–Crippen LogP) is 6.39. The fourth-order valence-electron chi connectivity index (χ4n) is 4.91. The SMILES string of the molecule is Cc1nn(-c2ccccc2)c2c1CN(C(=O)Nc1ccc(F)cc1)C(c1cccc(F)c1)c1cccn1-2. The molecular weight excluding hydrogens is 472 g/mol. The van der Waals surface area contributed by atoms with E-state index in [4.69, 9.17) is 5.10 Å². The van der Waals surface area contributed by atoms with Crippen LogP contribution in [-0.4, -0.2) is 25.3 Å². The molecule has 6 nitrogen and oxygen atoms in total. The first-order chi connectivity index (χ1) is 18.0. The number of hydrogen-bond acceptors (Lipinski definition) is 2. The average Bonchev–Trinajstić information content (AvgIpc) is 3.46. The Bertz CT molecular complexity index is 1590. The molecule has 2 amide bonds. The van der Waals surface area contributed by atoms with Gasteiger partial charge in [0.15, 0.2) is 0 Å². The van der Waals surface area contributed by atoms with Crippen LogP contribution in [0.2, 0.25) is 0 Å². The van der Waals surface area contributed by atoms with E-state index in [1.54, 1.807) is 11.0 Å². The predicted molar refractivity (Wildman–Crippen MR) is 137 cm³/mol. The molecule has 6 rings (SSSR count). The number of nitrogens with zero attached hydrogens (tertiary/aromatic N) is 4. The van der Waals surface area contributed by atoms with Crippen molar-refractivity contribution >= 4 is 11.7 Å². The number of nitrogens with one attached hydrogen (secondary N) is 1. The molecule has 8 heteroatoms. The Morgan fingerprint density at radius 1 is 0.919 bits per heavy atom. The molecule has 1 N–H and O–H groups in total. The van der Waals surface area contributed by atoms with Gasteiger partial charge in [-0.1, -0.05) is 30.3 Å². The van der Waals surface area contributed by atoms with Gasteiger partial charge in [0.2, 0.25) is 0 Å². The summed E-state index contributed by atoms with van der Waals surface area (Å²) in [5.41, 5.74) is 4.42. The molecular formula is C29H23F2N5O. The molecule has 0 aliphatic carbocycles. The third kappa shape index (κ3) is 4.06. The lowest BCUT2D eigenvalue weighted by Gasteiger charge is -2.31. The van der Waals surface area contributed by atoms with Gasteiger partial charge in [-0.3, -0.25) is 0 Å². The quantitative estimate of drug-likeness (QED) is 0.316. The molecule has 0 fully saturated rings. The van der Waals surface area contributed by atoms with Crippen molar-refractivity contribution in [3.63, 3.8) is 0 Å². The number of aryl methyl sites for hydroxylation is 1. The molecule has 184 valence electrons. The van der Waals surface area contributed by atoms with Gasteiger partial charge in [0.25, 0.3) is 0 Å². The van der Waals surface area contributed by atoms with Crippen LogP contribution in [0, 0.1) is 18.6 Å². The second kappa shape index (κ2) is 9.05. The maximum atomic E-state index is 14.4. The van der Waals surface area contributed by atoms with Crippen LogP contribution in [0.3, 0.4) is 0 Å². The molecule has 0 bridgehead atoms. The zero-order valence-corrected chi connectivity index (χ0v) is 20.0. The van der Waals surface area contributed by atoms with Crippen LogP contribution in [0.1, 0.15) is 28.6 Å². The molecule has 1 aliphatic rings. The third-order valence-electron chi connectivity index (χ3n) is 6.61. The molecule has 3 aromatic carbocycles. The van der Waals surface area contributed by atoms with Crippen LogP contribution >= 0.6 is 0 Å². The Balaban J connectivity index is 1.53. The zero-order valence-electron chi connectivity index (χ0n) is 20.0. The second-order valence-corrected chi connectivity index (χ2v) is 8.96. The number of fused-ring (bicyclic) bond motifs is 3. The summed E-state index contributed by atoms with van der Waals surface area (Å²) in [5.74, 6) is 0.0434. The molecule has 1 unspecified atom stereocenters. The number of benzene rings is 3. The van der Waals surface area contributed by atoms with Crippen molar-refractivity contribution in [1.29, 1.82) is 0 Å². The Labute approximate surface area is 212 Å². The van der Waals surface area contributed by atoms with Crippen LogP contribution < -0.4 is 5.32 Å². The van der Waals surface area contributed by atoms with E-state index in [2.05, 4.69) is 5.32 Å². The normalized spacial score (nSPS) is 14.6. The van der Waals surface area contributed by atoms with Crippen LogP contribution in [-0.2, 0) is 6.54 Å². The van der Waals surface area contributed by atoms with Crippen molar-refractivity contribution in [2.75, 3.05) is 5.32 Å². The van der Waals surface area contributed by atoms with Crippen molar-refractivity contribution in [2.24, 2.45) is 0 Å². The van der Waals surface area contributed by atoms with Gasteiger partial charge in [0.05, 0.1) is 29.7 Å². The first kappa shape index (κ1) is 22.7. The highest BCUT2D eigenvalue weighted by Crippen LogP contribution is 2.38. The van der Waals surface area contributed by atoms with Crippen LogP contribution in [0.25, 0.3) is 11.5 Å². The van der Waals surface area contributed by atoms with Crippen molar-refractivity contribution in [3.05, 3.63) is 131 Å². The number of urea groups is 1. The number of rotatable bonds is 3. The van der Waals surface area contributed by atoms with Crippen molar-refractivity contribution in [3.8, 4) is 11.5 Å². The van der Waals surface area contributed by atoms with E-state index < -0.39 is 17.9 Å². The minimum absolute atomic E-state index is 0.226. The van der Waals surface area contributed by atoms with Crippen molar-refractivity contribution in [1.82, 2.24) is 19.2 Å². The largest absolute Gasteiger partial charge is 0.322 e. The lowest BCUT2D eigenvalue weighted by molar-refractivity contribution is 0.194. The van der Waals surface area contributed by atoms with Gasteiger partial charge in [0.1, 0.15) is 17.5 Å². The first-order valence-electron chi connectivity index (χ1n) is 11.9. The smallest absolute Gasteiger partial charge is 0.308 e. The van der Waals surface area contributed by atoms with E-state index in [9.17, 15) is 13.6 Å². The van der Waals surface area contributed by atoms with Gasteiger partial charge in [-0.05, 0) is 73.2 Å². The minimum Gasteiger partial charge on any atom is -0.308 e. The minimum atomic E-state index is -0.595. The first-order valence-corrected chi connectivity index (χ1v) is 11.9. The molecule has 1 atom stereocenters. The van der Waals surface area contributed by atoms with Crippen molar-refractivity contribution in [2.45, 2.75) is 19.5 Å². The van der Waals surface area contributed by atoms with E-state index >= 15 is 0 Å². The number of hydrogen-bond donors (Lipinski definition) is 1. The van der Waals surface area contributed by atoms with Crippen LogP contribution in [0.15, 0.2) is 97.2 Å². The Kier molecular flexibility index (Phi) is 5.56. The third-order valence-corrected chi connectivity index (χ3v) is 6.61. The summed E-state index contributed by atoms with van der Waals surface area (Å²) in [6, 6.07) is 24.5. The van der Waals surface area contributed by atoms with Crippen LogP contribution in [0.4, 0.5) is 19.3 Å². The monoisotopic (exact) mass is 495 g/mol. The van der Waals surface area contributed by atoms with Gasteiger partial charge in [0, 0.05) is 17.4 Å². The number of amides is 2.